The molecule has 2 saturated heterocycles. The predicted octanol–water partition coefficient (Wildman–Crippen LogP) is 3.45. The Hall–Kier alpha value is -1.32. The van der Waals surface area contributed by atoms with E-state index in [1.165, 1.54) is 56.6 Å². The van der Waals surface area contributed by atoms with Crippen molar-refractivity contribution in [3.05, 3.63) is 35.4 Å². The number of piperidine rings is 1. The number of nitrogens with one attached hydrogen (secondary N) is 1. The van der Waals surface area contributed by atoms with Crippen molar-refractivity contribution in [2.75, 3.05) is 26.2 Å². The number of nitrogens with zero attached hydrogens (tertiary/aromatic N) is 1. The third kappa shape index (κ3) is 3.05. The summed E-state index contributed by atoms with van der Waals surface area (Å²) in [6.45, 7) is 10.1. The molecule has 0 unspecified atom stereocenters. The van der Waals surface area contributed by atoms with Crippen molar-refractivity contribution in [1.29, 1.82) is 0 Å². The maximum absolute atomic E-state index is 6.26. The van der Waals surface area contributed by atoms with Gasteiger partial charge in [-0.1, -0.05) is 24.3 Å². The fourth-order valence-corrected chi connectivity index (χ4v) is 4.22. The SMILES string of the molecule is CC1(C)C=Cc2cccc(CN3CCC4(CCNC4)CC3)c2O1. The summed E-state index contributed by atoms with van der Waals surface area (Å²) in [5.41, 5.74) is 2.94. The molecule has 0 bridgehead atoms. The summed E-state index contributed by atoms with van der Waals surface area (Å²) in [4.78, 5) is 2.61. The Balaban J connectivity index is 1.47. The maximum atomic E-state index is 6.26. The van der Waals surface area contributed by atoms with Crippen molar-refractivity contribution < 1.29 is 4.74 Å². The molecule has 1 aromatic rings. The minimum Gasteiger partial charge on any atom is -0.483 e. The zero-order chi connectivity index (χ0) is 15.9. The van der Waals surface area contributed by atoms with E-state index in [0.717, 1.165) is 12.3 Å². The molecule has 0 atom stereocenters. The van der Waals surface area contributed by atoms with Gasteiger partial charge in [0.2, 0.25) is 0 Å². The molecular formula is C20H28N2O. The highest BCUT2D eigenvalue weighted by molar-refractivity contribution is 5.63. The van der Waals surface area contributed by atoms with Crippen molar-refractivity contribution in [2.24, 2.45) is 5.41 Å². The summed E-state index contributed by atoms with van der Waals surface area (Å²) >= 11 is 0. The van der Waals surface area contributed by atoms with E-state index in [0.29, 0.717) is 5.41 Å². The lowest BCUT2D eigenvalue weighted by Crippen LogP contribution is -2.41. The Morgan fingerprint density at radius 1 is 1.17 bits per heavy atom. The number of likely N-dealkylation sites (tertiary alicyclic amines) is 1. The molecule has 23 heavy (non-hydrogen) atoms. The number of fused-ring (bicyclic) bond motifs is 1. The second-order valence-electron chi connectivity index (χ2n) is 8.08. The molecule has 0 saturated carbocycles. The molecule has 0 radical (unpaired) electrons. The van der Waals surface area contributed by atoms with Crippen LogP contribution in [-0.4, -0.2) is 36.7 Å². The van der Waals surface area contributed by atoms with Gasteiger partial charge in [0.25, 0.3) is 0 Å². The minimum absolute atomic E-state index is 0.204. The number of ether oxygens (including phenoxy) is 1. The first kappa shape index (κ1) is 15.2. The van der Waals surface area contributed by atoms with Crippen LogP contribution in [0.1, 0.15) is 44.2 Å². The van der Waals surface area contributed by atoms with E-state index in [1.54, 1.807) is 0 Å². The topological polar surface area (TPSA) is 24.5 Å². The molecule has 3 nitrogen and oxygen atoms in total. The number of benzene rings is 1. The van der Waals surface area contributed by atoms with E-state index >= 15 is 0 Å². The highest BCUT2D eigenvalue weighted by Gasteiger charge is 2.37. The summed E-state index contributed by atoms with van der Waals surface area (Å²) in [5.74, 6) is 1.09. The summed E-state index contributed by atoms with van der Waals surface area (Å²) < 4.78 is 6.26. The summed E-state index contributed by atoms with van der Waals surface area (Å²) in [7, 11) is 0. The Morgan fingerprint density at radius 3 is 2.74 bits per heavy atom. The number of hydrogen-bond acceptors (Lipinski definition) is 3. The van der Waals surface area contributed by atoms with Gasteiger partial charge in [-0.3, -0.25) is 4.90 Å². The normalized spacial score (nSPS) is 25.3. The lowest BCUT2D eigenvalue weighted by molar-refractivity contribution is 0.110. The molecule has 3 heterocycles. The van der Waals surface area contributed by atoms with Crippen LogP contribution in [0, 0.1) is 5.41 Å². The molecule has 2 fully saturated rings. The molecule has 1 N–H and O–H groups in total. The first-order chi connectivity index (χ1) is 11.1. The average molecular weight is 312 g/mol. The van der Waals surface area contributed by atoms with Gasteiger partial charge in [-0.15, -0.1) is 0 Å². The molecule has 3 aliphatic heterocycles. The predicted molar refractivity (Wildman–Crippen MR) is 94.6 cm³/mol. The zero-order valence-electron chi connectivity index (χ0n) is 14.4. The smallest absolute Gasteiger partial charge is 0.132 e. The van der Waals surface area contributed by atoms with Gasteiger partial charge in [0.1, 0.15) is 11.4 Å². The van der Waals surface area contributed by atoms with Crippen molar-refractivity contribution >= 4 is 6.08 Å². The van der Waals surface area contributed by atoms with Gasteiger partial charge in [0.15, 0.2) is 0 Å². The van der Waals surface area contributed by atoms with E-state index in [4.69, 9.17) is 4.74 Å². The average Bonchev–Trinajstić information content (AvgIpc) is 2.98. The van der Waals surface area contributed by atoms with Crippen LogP contribution in [0.25, 0.3) is 6.08 Å². The highest BCUT2D eigenvalue weighted by Crippen LogP contribution is 2.39. The van der Waals surface area contributed by atoms with Gasteiger partial charge in [0.05, 0.1) is 0 Å². The molecule has 0 aliphatic carbocycles. The van der Waals surface area contributed by atoms with Gasteiger partial charge < -0.3 is 10.1 Å². The van der Waals surface area contributed by atoms with Gasteiger partial charge in [-0.05, 0) is 64.2 Å². The van der Waals surface area contributed by atoms with E-state index in [9.17, 15) is 0 Å². The van der Waals surface area contributed by atoms with E-state index in [1.807, 2.05) is 0 Å². The molecule has 0 aromatic heterocycles. The second-order valence-corrected chi connectivity index (χ2v) is 8.08. The lowest BCUT2D eigenvalue weighted by Gasteiger charge is -2.39. The number of para-hydroxylation sites is 1. The highest BCUT2D eigenvalue weighted by atomic mass is 16.5. The Bertz CT molecular complexity index is 604. The molecule has 1 spiro atoms. The van der Waals surface area contributed by atoms with Crippen LogP contribution >= 0.6 is 0 Å². The fraction of sp³-hybridized carbons (Fsp3) is 0.600. The fourth-order valence-electron chi connectivity index (χ4n) is 4.22. The van der Waals surface area contributed by atoms with Crippen LogP contribution in [-0.2, 0) is 6.54 Å². The second kappa shape index (κ2) is 5.64. The zero-order valence-corrected chi connectivity index (χ0v) is 14.4. The largest absolute Gasteiger partial charge is 0.483 e. The number of hydrogen-bond donors (Lipinski definition) is 1. The summed E-state index contributed by atoms with van der Waals surface area (Å²) in [6.07, 6.45) is 8.39. The monoisotopic (exact) mass is 312 g/mol. The Kier molecular flexibility index (Phi) is 3.73. The molecule has 3 aliphatic rings. The van der Waals surface area contributed by atoms with Crippen molar-refractivity contribution in [3.8, 4) is 5.75 Å². The van der Waals surface area contributed by atoms with Crippen LogP contribution in [0.2, 0.25) is 0 Å². The van der Waals surface area contributed by atoms with Crippen LogP contribution in [0.15, 0.2) is 24.3 Å². The third-order valence-corrected chi connectivity index (χ3v) is 5.80. The van der Waals surface area contributed by atoms with Crippen LogP contribution < -0.4 is 10.1 Å². The van der Waals surface area contributed by atoms with Crippen LogP contribution in [0.5, 0.6) is 5.75 Å². The molecular weight excluding hydrogens is 284 g/mol. The standard InChI is InChI=1S/C20H28N2O/c1-19(2)7-6-16-4-3-5-17(18(16)23-19)14-22-12-9-20(10-13-22)8-11-21-15-20/h3-7,21H,8-15H2,1-2H3. The maximum Gasteiger partial charge on any atom is 0.132 e. The molecule has 124 valence electrons. The quantitative estimate of drug-likeness (QED) is 0.905. The van der Waals surface area contributed by atoms with Crippen LogP contribution in [0.3, 0.4) is 0 Å². The Morgan fingerprint density at radius 2 is 2.00 bits per heavy atom. The van der Waals surface area contributed by atoms with Crippen molar-refractivity contribution in [1.82, 2.24) is 10.2 Å². The molecule has 4 rings (SSSR count). The first-order valence-corrected chi connectivity index (χ1v) is 8.99. The van der Waals surface area contributed by atoms with Gasteiger partial charge in [0, 0.05) is 24.2 Å². The van der Waals surface area contributed by atoms with Crippen LogP contribution in [0.4, 0.5) is 0 Å². The summed E-state index contributed by atoms with van der Waals surface area (Å²) in [6, 6.07) is 6.54. The van der Waals surface area contributed by atoms with Crippen molar-refractivity contribution in [2.45, 2.75) is 45.3 Å². The summed E-state index contributed by atoms with van der Waals surface area (Å²) in [5, 5.41) is 3.55. The Labute approximate surface area is 139 Å². The minimum atomic E-state index is -0.204. The lowest BCUT2D eigenvalue weighted by atomic mass is 9.78. The molecule has 0 amide bonds. The van der Waals surface area contributed by atoms with Crippen molar-refractivity contribution in [3.63, 3.8) is 0 Å². The number of rotatable bonds is 2. The third-order valence-electron chi connectivity index (χ3n) is 5.80. The first-order valence-electron chi connectivity index (χ1n) is 8.99. The van der Waals surface area contributed by atoms with Gasteiger partial charge >= 0.3 is 0 Å². The molecule has 1 aromatic carbocycles. The van der Waals surface area contributed by atoms with E-state index < -0.39 is 0 Å². The van der Waals surface area contributed by atoms with E-state index in [-0.39, 0.29) is 5.60 Å². The molecule has 3 heteroatoms. The van der Waals surface area contributed by atoms with E-state index in [2.05, 4.69) is 54.4 Å². The van der Waals surface area contributed by atoms with Gasteiger partial charge in [-0.2, -0.15) is 0 Å². The van der Waals surface area contributed by atoms with Gasteiger partial charge in [-0.25, -0.2) is 0 Å².